The van der Waals surface area contributed by atoms with Crippen molar-refractivity contribution in [3.05, 3.63) is 30.1 Å². The zero-order valence-corrected chi connectivity index (χ0v) is 10.5. The topological polar surface area (TPSA) is 17.8 Å². The van der Waals surface area contributed by atoms with E-state index in [0.29, 0.717) is 6.04 Å². The fraction of sp³-hybridized carbons (Fsp3) is 0.533. The minimum Gasteiger partial charge on any atom is -0.327 e. The molecule has 1 heterocycles. The monoisotopic (exact) mass is 228 g/mol. The summed E-state index contributed by atoms with van der Waals surface area (Å²) in [6.07, 6.45) is 9.82. The molecular formula is C15H20N2. The lowest BCUT2D eigenvalue weighted by Gasteiger charge is -2.12. The van der Waals surface area contributed by atoms with Crippen molar-refractivity contribution in [3.8, 4) is 0 Å². The average molecular weight is 228 g/mol. The maximum atomic E-state index is 4.53. The Morgan fingerprint density at radius 2 is 2.12 bits per heavy atom. The first-order chi connectivity index (χ1) is 8.38. The van der Waals surface area contributed by atoms with E-state index < -0.39 is 0 Å². The Bertz CT molecular complexity index is 507. The van der Waals surface area contributed by atoms with Crippen molar-refractivity contribution in [1.29, 1.82) is 0 Å². The molecule has 0 radical (unpaired) electrons. The minimum atomic E-state index is 0.692. The van der Waals surface area contributed by atoms with E-state index in [-0.39, 0.29) is 0 Å². The summed E-state index contributed by atoms with van der Waals surface area (Å²) in [5, 5.41) is 0. The first kappa shape index (κ1) is 10.8. The van der Waals surface area contributed by atoms with Crippen LogP contribution in [0.3, 0.4) is 0 Å². The summed E-state index contributed by atoms with van der Waals surface area (Å²) in [7, 11) is 0. The molecular weight excluding hydrogens is 208 g/mol. The summed E-state index contributed by atoms with van der Waals surface area (Å²) in [5.41, 5.74) is 3.93. The van der Waals surface area contributed by atoms with Gasteiger partial charge in [-0.15, -0.1) is 0 Å². The van der Waals surface area contributed by atoms with Gasteiger partial charge in [0.2, 0.25) is 0 Å². The largest absolute Gasteiger partial charge is 0.327 e. The van der Waals surface area contributed by atoms with E-state index in [4.69, 9.17) is 0 Å². The van der Waals surface area contributed by atoms with Crippen LogP contribution in [0.2, 0.25) is 0 Å². The Hall–Kier alpha value is -1.31. The molecule has 0 aliphatic heterocycles. The number of rotatable bonds is 3. The number of aromatic nitrogens is 2. The smallest absolute Gasteiger partial charge is 0.0960 e. The van der Waals surface area contributed by atoms with Crippen LogP contribution in [0.25, 0.3) is 11.0 Å². The molecule has 1 aromatic carbocycles. The maximum Gasteiger partial charge on any atom is 0.0960 e. The van der Waals surface area contributed by atoms with E-state index in [9.17, 15) is 0 Å². The van der Waals surface area contributed by atoms with Crippen molar-refractivity contribution in [2.24, 2.45) is 0 Å². The number of nitrogens with zero attached hydrogens (tertiary/aromatic N) is 2. The normalized spacial score (nSPS) is 17.0. The molecule has 3 rings (SSSR count). The van der Waals surface area contributed by atoms with Crippen molar-refractivity contribution < 1.29 is 0 Å². The molecule has 0 atom stereocenters. The van der Waals surface area contributed by atoms with Gasteiger partial charge in [-0.05, 0) is 37.0 Å². The molecule has 0 amide bonds. The van der Waals surface area contributed by atoms with Gasteiger partial charge in [-0.3, -0.25) is 0 Å². The highest BCUT2D eigenvalue weighted by Gasteiger charge is 2.18. The fourth-order valence-electron chi connectivity index (χ4n) is 2.99. The number of fused-ring (bicyclic) bond motifs is 1. The number of aryl methyl sites for hydroxylation is 1. The Kier molecular flexibility index (Phi) is 2.87. The van der Waals surface area contributed by atoms with E-state index in [0.717, 1.165) is 5.52 Å². The van der Waals surface area contributed by atoms with E-state index in [1.54, 1.807) is 0 Å². The van der Waals surface area contributed by atoms with E-state index in [1.165, 1.54) is 49.6 Å². The molecule has 90 valence electrons. The van der Waals surface area contributed by atoms with E-state index >= 15 is 0 Å². The van der Waals surface area contributed by atoms with Crippen molar-refractivity contribution in [3.63, 3.8) is 0 Å². The Morgan fingerprint density at radius 1 is 1.29 bits per heavy atom. The highest BCUT2D eigenvalue weighted by Crippen LogP contribution is 2.32. The standard InChI is InChI=1S/C15H20N2/c1-2-5-12-8-9-14-15(10-12)17(11-16-14)13-6-3-4-7-13/h8-11,13H,2-7H2,1H3. The van der Waals surface area contributed by atoms with Gasteiger partial charge in [0, 0.05) is 6.04 Å². The molecule has 1 saturated carbocycles. The van der Waals surface area contributed by atoms with Crippen LogP contribution in [0.15, 0.2) is 24.5 Å². The summed E-state index contributed by atoms with van der Waals surface area (Å²) in [4.78, 5) is 4.53. The van der Waals surface area contributed by atoms with Crippen molar-refractivity contribution in [2.45, 2.75) is 51.5 Å². The highest BCUT2D eigenvalue weighted by molar-refractivity contribution is 5.76. The van der Waals surface area contributed by atoms with Crippen LogP contribution in [0.5, 0.6) is 0 Å². The third-order valence-electron chi connectivity index (χ3n) is 3.90. The van der Waals surface area contributed by atoms with Crippen LogP contribution in [-0.2, 0) is 6.42 Å². The second-order valence-electron chi connectivity index (χ2n) is 5.16. The maximum absolute atomic E-state index is 4.53. The fourth-order valence-corrected chi connectivity index (χ4v) is 2.99. The lowest BCUT2D eigenvalue weighted by Crippen LogP contribution is -2.02. The van der Waals surface area contributed by atoms with E-state index in [1.807, 2.05) is 6.33 Å². The summed E-state index contributed by atoms with van der Waals surface area (Å²) in [6.45, 7) is 2.23. The highest BCUT2D eigenvalue weighted by atomic mass is 15.1. The Morgan fingerprint density at radius 3 is 2.88 bits per heavy atom. The molecule has 0 bridgehead atoms. The molecule has 2 heteroatoms. The summed E-state index contributed by atoms with van der Waals surface area (Å²) >= 11 is 0. The third-order valence-corrected chi connectivity index (χ3v) is 3.90. The van der Waals surface area contributed by atoms with Crippen LogP contribution in [0, 0.1) is 0 Å². The van der Waals surface area contributed by atoms with Gasteiger partial charge in [0.25, 0.3) is 0 Å². The molecule has 17 heavy (non-hydrogen) atoms. The number of hydrogen-bond acceptors (Lipinski definition) is 1. The van der Waals surface area contributed by atoms with Crippen molar-refractivity contribution >= 4 is 11.0 Å². The molecule has 2 nitrogen and oxygen atoms in total. The van der Waals surface area contributed by atoms with Crippen LogP contribution < -0.4 is 0 Å². The Labute approximate surface area is 103 Å². The predicted octanol–water partition coefficient (Wildman–Crippen LogP) is 4.10. The zero-order valence-electron chi connectivity index (χ0n) is 10.5. The molecule has 0 unspecified atom stereocenters. The second kappa shape index (κ2) is 4.52. The van der Waals surface area contributed by atoms with Crippen molar-refractivity contribution in [1.82, 2.24) is 9.55 Å². The predicted molar refractivity (Wildman–Crippen MR) is 71.2 cm³/mol. The molecule has 1 aliphatic rings. The minimum absolute atomic E-state index is 0.692. The molecule has 1 fully saturated rings. The van der Waals surface area contributed by atoms with Crippen molar-refractivity contribution in [2.75, 3.05) is 0 Å². The van der Waals surface area contributed by atoms with Gasteiger partial charge in [-0.2, -0.15) is 0 Å². The number of imidazole rings is 1. The van der Waals surface area contributed by atoms with Crippen LogP contribution >= 0.6 is 0 Å². The zero-order chi connectivity index (χ0) is 11.7. The van der Waals surface area contributed by atoms with Gasteiger partial charge >= 0.3 is 0 Å². The lowest BCUT2D eigenvalue weighted by atomic mass is 10.1. The third kappa shape index (κ3) is 1.97. The Balaban J connectivity index is 2.02. The van der Waals surface area contributed by atoms with Crippen LogP contribution in [-0.4, -0.2) is 9.55 Å². The molecule has 2 aromatic rings. The summed E-state index contributed by atoms with van der Waals surface area (Å²) in [5.74, 6) is 0. The molecule has 1 aromatic heterocycles. The molecule has 0 N–H and O–H groups in total. The SMILES string of the molecule is CCCc1ccc2ncn(C3CCCC3)c2c1. The van der Waals surface area contributed by atoms with Crippen LogP contribution in [0.4, 0.5) is 0 Å². The lowest BCUT2D eigenvalue weighted by molar-refractivity contribution is 0.532. The van der Waals surface area contributed by atoms with Crippen LogP contribution in [0.1, 0.15) is 50.6 Å². The average Bonchev–Trinajstić information content (AvgIpc) is 2.96. The quantitative estimate of drug-likeness (QED) is 0.773. The summed E-state index contributed by atoms with van der Waals surface area (Å²) in [6, 6.07) is 7.42. The number of hydrogen-bond donors (Lipinski definition) is 0. The molecule has 0 spiro atoms. The number of benzene rings is 1. The van der Waals surface area contributed by atoms with Gasteiger partial charge in [-0.1, -0.05) is 32.3 Å². The van der Waals surface area contributed by atoms with Gasteiger partial charge in [0.1, 0.15) is 0 Å². The van der Waals surface area contributed by atoms with Gasteiger partial charge in [0.15, 0.2) is 0 Å². The van der Waals surface area contributed by atoms with Gasteiger partial charge in [-0.25, -0.2) is 4.98 Å². The van der Waals surface area contributed by atoms with Gasteiger partial charge < -0.3 is 4.57 Å². The molecule has 1 aliphatic carbocycles. The summed E-state index contributed by atoms with van der Waals surface area (Å²) < 4.78 is 2.40. The van der Waals surface area contributed by atoms with E-state index in [2.05, 4.69) is 34.7 Å². The first-order valence-corrected chi connectivity index (χ1v) is 6.84. The second-order valence-corrected chi connectivity index (χ2v) is 5.16. The first-order valence-electron chi connectivity index (χ1n) is 6.84. The van der Waals surface area contributed by atoms with Gasteiger partial charge in [0.05, 0.1) is 17.4 Å². The molecule has 0 saturated heterocycles.